The topological polar surface area (TPSA) is 39.1 Å². The van der Waals surface area contributed by atoms with Crippen molar-refractivity contribution in [3.63, 3.8) is 0 Å². The van der Waals surface area contributed by atoms with Gasteiger partial charge in [-0.2, -0.15) is 5.10 Å². The number of nitrogens with zero attached hydrogens (tertiary/aromatic N) is 2. The summed E-state index contributed by atoms with van der Waals surface area (Å²) in [5, 5.41) is 7.65. The zero-order valence-electron chi connectivity index (χ0n) is 10.5. The highest BCUT2D eigenvalue weighted by Crippen LogP contribution is 2.18. The second-order valence-electron chi connectivity index (χ2n) is 4.64. The highest BCUT2D eigenvalue weighted by atomic mass is 16.5. The molecule has 3 rings (SSSR count). The molecule has 1 unspecified atom stereocenters. The lowest BCUT2D eigenvalue weighted by atomic mass is 10.2. The molecule has 1 aromatic carbocycles. The molecule has 0 spiro atoms. The minimum absolute atomic E-state index is 0.277. The molecule has 0 bridgehead atoms. The fourth-order valence-corrected chi connectivity index (χ4v) is 2.24. The van der Waals surface area contributed by atoms with E-state index in [1.807, 2.05) is 23.0 Å². The second kappa shape index (κ2) is 4.82. The van der Waals surface area contributed by atoms with E-state index in [-0.39, 0.29) is 6.10 Å². The van der Waals surface area contributed by atoms with Crippen LogP contribution in [0.15, 0.2) is 36.7 Å². The summed E-state index contributed by atoms with van der Waals surface area (Å²) in [7, 11) is 0. The number of para-hydroxylation sites is 1. The molecule has 1 N–H and O–H groups in total. The van der Waals surface area contributed by atoms with Gasteiger partial charge in [0.15, 0.2) is 5.75 Å². The Kier molecular flexibility index (Phi) is 3.02. The third kappa shape index (κ3) is 2.24. The minimum atomic E-state index is 0.277. The molecular formula is C14H17N3O. The Morgan fingerprint density at radius 2 is 2.28 bits per heavy atom. The van der Waals surface area contributed by atoms with Crippen molar-refractivity contribution < 1.29 is 4.74 Å². The van der Waals surface area contributed by atoms with Crippen molar-refractivity contribution in [2.45, 2.75) is 19.4 Å². The van der Waals surface area contributed by atoms with Gasteiger partial charge in [-0.25, -0.2) is 4.68 Å². The summed E-state index contributed by atoms with van der Waals surface area (Å²) in [5.74, 6) is 0.840. The average molecular weight is 243 g/mol. The lowest BCUT2D eigenvalue weighted by Gasteiger charge is -2.09. The Bertz CT molecular complexity index is 529. The summed E-state index contributed by atoms with van der Waals surface area (Å²) >= 11 is 0. The standard InChI is InChI=1S/C14H17N3O/c1-11-4-2-3-5-14(11)17-10-13(9-16-17)18-12-6-7-15-8-12/h2-5,9-10,12,15H,6-8H2,1H3. The first-order valence-corrected chi connectivity index (χ1v) is 6.31. The molecule has 0 saturated carbocycles. The van der Waals surface area contributed by atoms with Gasteiger partial charge in [0, 0.05) is 6.54 Å². The number of ether oxygens (including phenoxy) is 1. The maximum absolute atomic E-state index is 5.87. The lowest BCUT2D eigenvalue weighted by molar-refractivity contribution is 0.223. The van der Waals surface area contributed by atoms with Gasteiger partial charge < -0.3 is 10.1 Å². The van der Waals surface area contributed by atoms with Crippen LogP contribution in [0.5, 0.6) is 5.75 Å². The van der Waals surface area contributed by atoms with Crippen molar-refractivity contribution in [1.29, 1.82) is 0 Å². The predicted octanol–water partition coefficient (Wildman–Crippen LogP) is 1.92. The van der Waals surface area contributed by atoms with Crippen LogP contribution in [0.1, 0.15) is 12.0 Å². The Morgan fingerprint density at radius 3 is 3.06 bits per heavy atom. The molecule has 0 radical (unpaired) electrons. The van der Waals surface area contributed by atoms with E-state index in [0.717, 1.165) is 30.9 Å². The van der Waals surface area contributed by atoms with E-state index in [1.54, 1.807) is 6.20 Å². The van der Waals surface area contributed by atoms with Crippen molar-refractivity contribution in [3.8, 4) is 11.4 Å². The van der Waals surface area contributed by atoms with Crippen LogP contribution in [0.4, 0.5) is 0 Å². The summed E-state index contributed by atoms with van der Waals surface area (Å²) in [6.45, 7) is 4.05. The third-order valence-electron chi connectivity index (χ3n) is 3.24. The number of aromatic nitrogens is 2. The van der Waals surface area contributed by atoms with E-state index in [0.29, 0.717) is 0 Å². The van der Waals surface area contributed by atoms with Crippen LogP contribution in [0, 0.1) is 6.92 Å². The van der Waals surface area contributed by atoms with Gasteiger partial charge in [-0.3, -0.25) is 0 Å². The van der Waals surface area contributed by atoms with Gasteiger partial charge in [0.2, 0.25) is 0 Å². The normalized spacial score (nSPS) is 19.1. The fraction of sp³-hybridized carbons (Fsp3) is 0.357. The summed E-state index contributed by atoms with van der Waals surface area (Å²) in [6.07, 6.45) is 5.07. The van der Waals surface area contributed by atoms with Crippen LogP contribution in [0.3, 0.4) is 0 Å². The van der Waals surface area contributed by atoms with Crippen LogP contribution < -0.4 is 10.1 Å². The van der Waals surface area contributed by atoms with Crippen molar-refractivity contribution in [2.24, 2.45) is 0 Å². The highest BCUT2D eigenvalue weighted by Gasteiger charge is 2.16. The predicted molar refractivity (Wildman–Crippen MR) is 70.2 cm³/mol. The zero-order valence-corrected chi connectivity index (χ0v) is 10.5. The SMILES string of the molecule is Cc1ccccc1-n1cc(OC2CCNC2)cn1. The summed E-state index contributed by atoms with van der Waals surface area (Å²) in [6, 6.07) is 8.19. The van der Waals surface area contributed by atoms with Crippen molar-refractivity contribution in [2.75, 3.05) is 13.1 Å². The number of rotatable bonds is 3. The molecule has 1 aliphatic heterocycles. The molecule has 94 valence electrons. The molecule has 2 aromatic rings. The minimum Gasteiger partial charge on any atom is -0.486 e. The van der Waals surface area contributed by atoms with Gasteiger partial charge >= 0.3 is 0 Å². The van der Waals surface area contributed by atoms with E-state index in [2.05, 4.69) is 29.5 Å². The van der Waals surface area contributed by atoms with Gasteiger partial charge in [-0.15, -0.1) is 0 Å². The molecule has 1 fully saturated rings. The van der Waals surface area contributed by atoms with Crippen LogP contribution in [0.2, 0.25) is 0 Å². The molecule has 0 amide bonds. The molecule has 1 atom stereocenters. The lowest BCUT2D eigenvalue weighted by Crippen LogP contribution is -2.19. The van der Waals surface area contributed by atoms with Crippen LogP contribution in [-0.2, 0) is 0 Å². The Hall–Kier alpha value is -1.81. The molecule has 1 aliphatic rings. The second-order valence-corrected chi connectivity index (χ2v) is 4.64. The zero-order chi connectivity index (χ0) is 12.4. The largest absolute Gasteiger partial charge is 0.486 e. The summed E-state index contributed by atoms with van der Waals surface area (Å²) in [5.41, 5.74) is 2.30. The number of aryl methyl sites for hydroxylation is 1. The van der Waals surface area contributed by atoms with Gasteiger partial charge in [-0.05, 0) is 31.5 Å². The summed E-state index contributed by atoms with van der Waals surface area (Å²) < 4.78 is 7.74. The van der Waals surface area contributed by atoms with Crippen LogP contribution >= 0.6 is 0 Å². The highest BCUT2D eigenvalue weighted by molar-refractivity contribution is 5.40. The van der Waals surface area contributed by atoms with E-state index in [4.69, 9.17) is 4.74 Å². The Labute approximate surface area is 107 Å². The van der Waals surface area contributed by atoms with Gasteiger partial charge in [0.25, 0.3) is 0 Å². The van der Waals surface area contributed by atoms with Crippen LogP contribution in [0.25, 0.3) is 5.69 Å². The summed E-state index contributed by atoms with van der Waals surface area (Å²) in [4.78, 5) is 0. The number of hydrogen-bond donors (Lipinski definition) is 1. The molecule has 1 saturated heterocycles. The monoisotopic (exact) mass is 243 g/mol. The quantitative estimate of drug-likeness (QED) is 0.895. The van der Waals surface area contributed by atoms with Crippen molar-refractivity contribution in [1.82, 2.24) is 15.1 Å². The smallest absolute Gasteiger partial charge is 0.158 e. The first-order chi connectivity index (χ1) is 8.83. The molecule has 4 heteroatoms. The van der Waals surface area contributed by atoms with Gasteiger partial charge in [0.05, 0.1) is 18.1 Å². The van der Waals surface area contributed by atoms with E-state index in [9.17, 15) is 0 Å². The molecule has 4 nitrogen and oxygen atoms in total. The number of nitrogens with one attached hydrogen (secondary N) is 1. The molecular weight excluding hydrogens is 226 g/mol. The van der Waals surface area contributed by atoms with E-state index >= 15 is 0 Å². The molecule has 0 aliphatic carbocycles. The first-order valence-electron chi connectivity index (χ1n) is 6.31. The average Bonchev–Trinajstić information content (AvgIpc) is 3.02. The molecule has 18 heavy (non-hydrogen) atoms. The maximum Gasteiger partial charge on any atom is 0.158 e. The molecule has 2 heterocycles. The molecule has 1 aromatic heterocycles. The van der Waals surface area contributed by atoms with E-state index in [1.165, 1.54) is 5.56 Å². The third-order valence-corrected chi connectivity index (χ3v) is 3.24. The Balaban J connectivity index is 1.79. The number of hydrogen-bond acceptors (Lipinski definition) is 3. The van der Waals surface area contributed by atoms with Crippen molar-refractivity contribution >= 4 is 0 Å². The fourth-order valence-electron chi connectivity index (χ4n) is 2.24. The maximum atomic E-state index is 5.87. The Morgan fingerprint density at radius 1 is 1.39 bits per heavy atom. The van der Waals surface area contributed by atoms with Crippen molar-refractivity contribution in [3.05, 3.63) is 42.2 Å². The first kappa shape index (κ1) is 11.3. The van der Waals surface area contributed by atoms with E-state index < -0.39 is 0 Å². The van der Waals surface area contributed by atoms with Gasteiger partial charge in [0.1, 0.15) is 6.10 Å². The van der Waals surface area contributed by atoms with Gasteiger partial charge in [-0.1, -0.05) is 18.2 Å². The van der Waals surface area contributed by atoms with Crippen LogP contribution in [-0.4, -0.2) is 29.0 Å². The number of benzene rings is 1.